The Labute approximate surface area is 114 Å². The molecule has 1 saturated heterocycles. The van der Waals surface area contributed by atoms with E-state index in [0.29, 0.717) is 6.42 Å². The van der Waals surface area contributed by atoms with E-state index >= 15 is 0 Å². The Kier molecular flexibility index (Phi) is 4.45. The van der Waals surface area contributed by atoms with Crippen LogP contribution in [0.1, 0.15) is 32.6 Å². The molecular formula is C14H24N2O3. The summed E-state index contributed by atoms with van der Waals surface area (Å²) < 4.78 is 0. The Morgan fingerprint density at radius 2 is 1.74 bits per heavy atom. The van der Waals surface area contributed by atoms with Gasteiger partial charge in [0.2, 0.25) is 5.91 Å². The molecule has 0 aromatic rings. The van der Waals surface area contributed by atoms with Crippen LogP contribution in [0, 0.1) is 11.8 Å². The second-order valence-corrected chi connectivity index (χ2v) is 5.98. The highest BCUT2D eigenvalue weighted by Gasteiger charge is 2.39. The third-order valence-corrected chi connectivity index (χ3v) is 4.51. The first-order valence-corrected chi connectivity index (χ1v) is 7.22. The predicted octanol–water partition coefficient (Wildman–Crippen LogP) is 1.04. The molecule has 108 valence electrons. The molecule has 3 unspecified atom stereocenters. The van der Waals surface area contributed by atoms with Crippen LogP contribution in [0.2, 0.25) is 0 Å². The molecule has 1 aliphatic heterocycles. The van der Waals surface area contributed by atoms with Gasteiger partial charge < -0.3 is 14.9 Å². The standard InChI is InChI=1S/C14H24N2O3/c1-10-9-15(2)7-8-16(10)13(17)11-5-3-4-6-12(11)14(18)19/h10-12H,3-9H2,1-2H3,(H,18,19). The molecule has 2 aliphatic rings. The Balaban J connectivity index is 2.06. The molecule has 2 rings (SSSR count). The number of nitrogens with zero attached hydrogens (tertiary/aromatic N) is 2. The number of hydrogen-bond acceptors (Lipinski definition) is 3. The van der Waals surface area contributed by atoms with Crippen LogP contribution in [0.5, 0.6) is 0 Å². The maximum Gasteiger partial charge on any atom is 0.307 e. The average Bonchev–Trinajstić information content (AvgIpc) is 2.38. The molecule has 1 N–H and O–H groups in total. The summed E-state index contributed by atoms with van der Waals surface area (Å²) in [7, 11) is 2.05. The van der Waals surface area contributed by atoms with E-state index in [1.807, 2.05) is 11.8 Å². The third kappa shape index (κ3) is 3.08. The van der Waals surface area contributed by atoms with Gasteiger partial charge in [0.1, 0.15) is 0 Å². The first-order chi connectivity index (χ1) is 9.00. The van der Waals surface area contributed by atoms with Crippen LogP contribution in [0.4, 0.5) is 0 Å². The molecule has 0 bridgehead atoms. The lowest BCUT2D eigenvalue weighted by Crippen LogP contribution is -2.55. The first-order valence-electron chi connectivity index (χ1n) is 7.22. The summed E-state index contributed by atoms with van der Waals surface area (Å²) in [5, 5.41) is 9.28. The average molecular weight is 268 g/mol. The SMILES string of the molecule is CC1CN(C)CCN1C(=O)C1CCCCC1C(=O)O. The van der Waals surface area contributed by atoms with E-state index in [-0.39, 0.29) is 17.9 Å². The summed E-state index contributed by atoms with van der Waals surface area (Å²) in [6, 6.07) is 0.183. The van der Waals surface area contributed by atoms with Crippen molar-refractivity contribution in [2.24, 2.45) is 11.8 Å². The van der Waals surface area contributed by atoms with Crippen molar-refractivity contribution in [2.75, 3.05) is 26.7 Å². The van der Waals surface area contributed by atoms with Crippen LogP contribution in [0.3, 0.4) is 0 Å². The van der Waals surface area contributed by atoms with E-state index < -0.39 is 11.9 Å². The summed E-state index contributed by atoms with van der Waals surface area (Å²) in [6.07, 6.45) is 3.28. The highest BCUT2D eigenvalue weighted by molar-refractivity contribution is 5.85. The quantitative estimate of drug-likeness (QED) is 0.813. The molecule has 2 fully saturated rings. The zero-order valence-electron chi connectivity index (χ0n) is 11.8. The number of piperazine rings is 1. The van der Waals surface area contributed by atoms with Crippen LogP contribution in [-0.4, -0.2) is 59.5 Å². The summed E-state index contributed by atoms with van der Waals surface area (Å²) in [6.45, 7) is 4.52. The second-order valence-electron chi connectivity index (χ2n) is 5.98. The summed E-state index contributed by atoms with van der Waals surface area (Å²) in [5.41, 5.74) is 0. The number of carboxylic acid groups (broad SMARTS) is 1. The molecule has 3 atom stereocenters. The number of rotatable bonds is 2. The van der Waals surface area contributed by atoms with Crippen molar-refractivity contribution >= 4 is 11.9 Å². The molecule has 5 nitrogen and oxygen atoms in total. The molecule has 19 heavy (non-hydrogen) atoms. The van der Waals surface area contributed by atoms with Gasteiger partial charge in [-0.1, -0.05) is 12.8 Å². The van der Waals surface area contributed by atoms with Gasteiger partial charge in [-0.2, -0.15) is 0 Å². The van der Waals surface area contributed by atoms with Gasteiger partial charge in [0.05, 0.1) is 11.8 Å². The van der Waals surface area contributed by atoms with Crippen molar-refractivity contribution in [2.45, 2.75) is 38.6 Å². The molecule has 0 aromatic carbocycles. The van der Waals surface area contributed by atoms with E-state index in [1.165, 1.54) is 0 Å². The fourth-order valence-electron chi connectivity index (χ4n) is 3.40. The maximum atomic E-state index is 12.6. The molecule has 0 spiro atoms. The highest BCUT2D eigenvalue weighted by atomic mass is 16.4. The molecular weight excluding hydrogens is 244 g/mol. The van der Waals surface area contributed by atoms with Crippen molar-refractivity contribution in [1.29, 1.82) is 0 Å². The Morgan fingerprint density at radius 1 is 1.11 bits per heavy atom. The van der Waals surface area contributed by atoms with E-state index in [1.54, 1.807) is 0 Å². The molecule has 0 aromatic heterocycles. The van der Waals surface area contributed by atoms with Crippen LogP contribution in [0.15, 0.2) is 0 Å². The fraction of sp³-hybridized carbons (Fsp3) is 0.857. The molecule has 1 aliphatic carbocycles. The second kappa shape index (κ2) is 5.90. The topological polar surface area (TPSA) is 60.9 Å². The van der Waals surface area contributed by atoms with Gasteiger partial charge in [-0.05, 0) is 26.8 Å². The number of carboxylic acids is 1. The van der Waals surface area contributed by atoms with E-state index in [2.05, 4.69) is 11.9 Å². The molecule has 0 radical (unpaired) electrons. The summed E-state index contributed by atoms with van der Waals surface area (Å²) in [4.78, 5) is 28.0. The minimum atomic E-state index is -0.806. The maximum absolute atomic E-state index is 12.6. The third-order valence-electron chi connectivity index (χ3n) is 4.51. The number of carbonyl (C=O) groups is 2. The fourth-order valence-corrected chi connectivity index (χ4v) is 3.40. The van der Waals surface area contributed by atoms with Crippen molar-refractivity contribution in [1.82, 2.24) is 9.80 Å². The summed E-state index contributed by atoms with van der Waals surface area (Å²) in [5.74, 6) is -1.53. The number of carbonyl (C=O) groups excluding carboxylic acids is 1. The molecule has 5 heteroatoms. The monoisotopic (exact) mass is 268 g/mol. The lowest BCUT2D eigenvalue weighted by atomic mass is 9.78. The van der Waals surface area contributed by atoms with Gasteiger partial charge in [0, 0.05) is 25.7 Å². The zero-order valence-corrected chi connectivity index (χ0v) is 11.8. The predicted molar refractivity (Wildman–Crippen MR) is 71.8 cm³/mol. The highest BCUT2D eigenvalue weighted by Crippen LogP contribution is 2.32. The Bertz CT molecular complexity index is 359. The molecule has 1 heterocycles. The minimum absolute atomic E-state index is 0.0627. The molecule has 1 amide bonds. The van der Waals surface area contributed by atoms with E-state index in [4.69, 9.17) is 0 Å². The summed E-state index contributed by atoms with van der Waals surface area (Å²) >= 11 is 0. The number of hydrogen-bond donors (Lipinski definition) is 1. The smallest absolute Gasteiger partial charge is 0.307 e. The minimum Gasteiger partial charge on any atom is -0.481 e. The van der Waals surface area contributed by atoms with Gasteiger partial charge in [-0.25, -0.2) is 0 Å². The van der Waals surface area contributed by atoms with Crippen LogP contribution in [-0.2, 0) is 9.59 Å². The van der Waals surface area contributed by atoms with Gasteiger partial charge in [-0.15, -0.1) is 0 Å². The van der Waals surface area contributed by atoms with Gasteiger partial charge in [0.25, 0.3) is 0 Å². The van der Waals surface area contributed by atoms with Gasteiger partial charge in [0.15, 0.2) is 0 Å². The van der Waals surface area contributed by atoms with Crippen molar-refractivity contribution in [3.05, 3.63) is 0 Å². The molecule has 1 saturated carbocycles. The number of likely N-dealkylation sites (N-methyl/N-ethyl adjacent to an activating group) is 1. The van der Waals surface area contributed by atoms with E-state index in [9.17, 15) is 14.7 Å². The lowest BCUT2D eigenvalue weighted by Gasteiger charge is -2.41. The van der Waals surface area contributed by atoms with Gasteiger partial charge in [-0.3, -0.25) is 9.59 Å². The lowest BCUT2D eigenvalue weighted by molar-refractivity contribution is -0.154. The normalized spacial score (nSPS) is 33.2. The largest absolute Gasteiger partial charge is 0.481 e. The van der Waals surface area contributed by atoms with Crippen molar-refractivity contribution < 1.29 is 14.7 Å². The Morgan fingerprint density at radius 3 is 2.32 bits per heavy atom. The van der Waals surface area contributed by atoms with Crippen LogP contribution >= 0.6 is 0 Å². The van der Waals surface area contributed by atoms with Crippen molar-refractivity contribution in [3.63, 3.8) is 0 Å². The van der Waals surface area contributed by atoms with Gasteiger partial charge >= 0.3 is 5.97 Å². The Hall–Kier alpha value is -1.10. The van der Waals surface area contributed by atoms with Crippen LogP contribution < -0.4 is 0 Å². The number of aliphatic carboxylic acids is 1. The first kappa shape index (κ1) is 14.3. The van der Waals surface area contributed by atoms with Crippen LogP contribution in [0.25, 0.3) is 0 Å². The number of amides is 1. The van der Waals surface area contributed by atoms with E-state index in [0.717, 1.165) is 38.9 Å². The van der Waals surface area contributed by atoms with Crippen molar-refractivity contribution in [3.8, 4) is 0 Å². The zero-order chi connectivity index (χ0) is 14.0.